The zero-order valence-electron chi connectivity index (χ0n) is 9.87. The number of halogens is 1. The monoisotopic (exact) mass is 282 g/mol. The molecule has 6 heteroatoms. The normalized spacial score (nSPS) is 19.3. The Bertz CT molecular complexity index is 516. The molecule has 1 fully saturated rings. The number of rotatable bonds is 4. The first-order chi connectivity index (χ1) is 8.81. The number of anilines is 1. The summed E-state index contributed by atoms with van der Waals surface area (Å²) in [6.07, 6.45) is 2.40. The number of hydrogen-bond donors (Lipinski definition) is 3. The molecule has 0 saturated carbocycles. The van der Waals surface area contributed by atoms with E-state index < -0.39 is 0 Å². The maximum atomic E-state index is 5.89. The van der Waals surface area contributed by atoms with Gasteiger partial charge in [-0.1, -0.05) is 11.6 Å². The molecule has 3 rings (SSSR count). The van der Waals surface area contributed by atoms with Gasteiger partial charge in [-0.2, -0.15) is 5.10 Å². The van der Waals surface area contributed by atoms with Gasteiger partial charge in [-0.25, -0.2) is 0 Å². The summed E-state index contributed by atoms with van der Waals surface area (Å²) in [5.74, 6) is 0.961. The molecule has 0 aromatic carbocycles. The van der Waals surface area contributed by atoms with Gasteiger partial charge in [0.2, 0.25) is 0 Å². The molecule has 1 saturated heterocycles. The van der Waals surface area contributed by atoms with Crippen molar-refractivity contribution < 1.29 is 0 Å². The molecule has 2 aromatic heterocycles. The highest BCUT2D eigenvalue weighted by atomic mass is 35.5. The number of nitrogens with zero attached hydrogens (tertiary/aromatic N) is 1. The standard InChI is InChI=1S/C12H15ClN4S/c13-11-4-3-8(18-11)7-15-12-6-10(16-17-12)9-2-1-5-14-9/h3-4,6,9,14H,1-2,5,7H2,(H2,15,16,17). The Morgan fingerprint density at radius 1 is 1.50 bits per heavy atom. The Morgan fingerprint density at radius 2 is 2.44 bits per heavy atom. The summed E-state index contributed by atoms with van der Waals surface area (Å²) in [7, 11) is 0. The highest BCUT2D eigenvalue weighted by molar-refractivity contribution is 7.16. The fraction of sp³-hybridized carbons (Fsp3) is 0.417. The Morgan fingerprint density at radius 3 is 3.17 bits per heavy atom. The molecule has 1 aliphatic rings. The average molecular weight is 283 g/mol. The van der Waals surface area contributed by atoms with Crippen LogP contribution in [0.25, 0.3) is 0 Å². The molecule has 1 aliphatic heterocycles. The molecule has 3 N–H and O–H groups in total. The van der Waals surface area contributed by atoms with Gasteiger partial charge in [0.15, 0.2) is 0 Å². The van der Waals surface area contributed by atoms with Gasteiger partial charge < -0.3 is 10.6 Å². The van der Waals surface area contributed by atoms with Crippen molar-refractivity contribution >= 4 is 28.8 Å². The number of nitrogens with one attached hydrogen (secondary N) is 3. The molecule has 0 bridgehead atoms. The summed E-state index contributed by atoms with van der Waals surface area (Å²) in [4.78, 5) is 1.22. The van der Waals surface area contributed by atoms with Gasteiger partial charge in [-0.3, -0.25) is 5.10 Å². The molecule has 0 spiro atoms. The third kappa shape index (κ3) is 2.68. The van der Waals surface area contributed by atoms with E-state index in [4.69, 9.17) is 11.6 Å². The molecular formula is C12H15ClN4S. The van der Waals surface area contributed by atoms with E-state index in [0.717, 1.165) is 28.9 Å². The second kappa shape index (κ2) is 5.30. The quantitative estimate of drug-likeness (QED) is 0.807. The lowest BCUT2D eigenvalue weighted by Gasteiger charge is -2.04. The lowest BCUT2D eigenvalue weighted by Crippen LogP contribution is -2.12. The van der Waals surface area contributed by atoms with Crippen LogP contribution in [0.3, 0.4) is 0 Å². The lowest BCUT2D eigenvalue weighted by atomic mass is 10.2. The Hall–Kier alpha value is -1.04. The van der Waals surface area contributed by atoms with Crippen LogP contribution < -0.4 is 10.6 Å². The van der Waals surface area contributed by atoms with Gasteiger partial charge in [-0.15, -0.1) is 11.3 Å². The molecule has 0 aliphatic carbocycles. The number of thiophene rings is 1. The van der Waals surface area contributed by atoms with Gasteiger partial charge >= 0.3 is 0 Å². The number of hydrogen-bond acceptors (Lipinski definition) is 4. The van der Waals surface area contributed by atoms with Gasteiger partial charge in [0, 0.05) is 10.9 Å². The van der Waals surface area contributed by atoms with E-state index in [0.29, 0.717) is 6.04 Å². The van der Waals surface area contributed by atoms with Gasteiger partial charge in [-0.05, 0) is 31.5 Å². The summed E-state index contributed by atoms with van der Waals surface area (Å²) in [6.45, 7) is 1.87. The van der Waals surface area contributed by atoms with Gasteiger partial charge in [0.1, 0.15) is 5.82 Å². The first-order valence-corrected chi connectivity index (χ1v) is 7.27. The minimum atomic E-state index is 0.410. The van der Waals surface area contributed by atoms with Crippen LogP contribution in [-0.2, 0) is 6.54 Å². The van der Waals surface area contributed by atoms with Crippen LogP contribution in [0.5, 0.6) is 0 Å². The van der Waals surface area contributed by atoms with Crippen molar-refractivity contribution in [1.29, 1.82) is 0 Å². The Labute approximate surface area is 115 Å². The third-order valence-electron chi connectivity index (χ3n) is 3.10. The van der Waals surface area contributed by atoms with Crippen LogP contribution in [0.15, 0.2) is 18.2 Å². The van der Waals surface area contributed by atoms with E-state index in [1.54, 1.807) is 11.3 Å². The summed E-state index contributed by atoms with van der Waals surface area (Å²) >= 11 is 7.49. The molecule has 0 radical (unpaired) electrons. The topological polar surface area (TPSA) is 52.7 Å². The summed E-state index contributed by atoms with van der Waals surface area (Å²) in [6, 6.07) is 6.45. The minimum absolute atomic E-state index is 0.410. The van der Waals surface area contributed by atoms with Gasteiger partial charge in [0.05, 0.1) is 22.6 Å². The van der Waals surface area contributed by atoms with Crippen LogP contribution >= 0.6 is 22.9 Å². The maximum Gasteiger partial charge on any atom is 0.121 e. The first-order valence-electron chi connectivity index (χ1n) is 6.08. The third-order valence-corrected chi connectivity index (χ3v) is 4.33. The largest absolute Gasteiger partial charge is 0.366 e. The molecule has 0 amide bonds. The smallest absolute Gasteiger partial charge is 0.121 e. The highest BCUT2D eigenvalue weighted by Gasteiger charge is 2.18. The van der Waals surface area contributed by atoms with Crippen LogP contribution in [0, 0.1) is 0 Å². The number of aromatic nitrogens is 2. The van der Waals surface area contributed by atoms with Crippen molar-refractivity contribution in [2.45, 2.75) is 25.4 Å². The van der Waals surface area contributed by atoms with Crippen molar-refractivity contribution in [3.63, 3.8) is 0 Å². The molecule has 2 aromatic rings. The number of H-pyrrole nitrogens is 1. The van der Waals surface area contributed by atoms with Crippen molar-refractivity contribution in [3.8, 4) is 0 Å². The van der Waals surface area contributed by atoms with E-state index in [9.17, 15) is 0 Å². The summed E-state index contributed by atoms with van der Waals surface area (Å²) < 4.78 is 0.826. The Kier molecular flexibility index (Phi) is 3.54. The highest BCUT2D eigenvalue weighted by Crippen LogP contribution is 2.24. The molecule has 1 atom stereocenters. The lowest BCUT2D eigenvalue weighted by molar-refractivity contribution is 0.625. The summed E-state index contributed by atoms with van der Waals surface area (Å²) in [5.41, 5.74) is 1.10. The molecule has 3 heterocycles. The van der Waals surface area contributed by atoms with Crippen molar-refractivity contribution in [2.24, 2.45) is 0 Å². The second-order valence-corrected chi connectivity index (χ2v) is 6.21. The predicted octanol–water partition coefficient (Wildman–Crippen LogP) is 3.16. The zero-order chi connectivity index (χ0) is 12.4. The zero-order valence-corrected chi connectivity index (χ0v) is 11.4. The molecule has 1 unspecified atom stereocenters. The predicted molar refractivity (Wildman–Crippen MR) is 75.2 cm³/mol. The molecule has 96 valence electrons. The van der Waals surface area contributed by atoms with Crippen molar-refractivity contribution in [1.82, 2.24) is 15.5 Å². The second-order valence-electron chi connectivity index (χ2n) is 4.41. The van der Waals surface area contributed by atoms with Crippen LogP contribution in [0.2, 0.25) is 4.34 Å². The molecular weight excluding hydrogens is 268 g/mol. The van der Waals surface area contributed by atoms with E-state index in [-0.39, 0.29) is 0 Å². The molecule has 18 heavy (non-hydrogen) atoms. The molecule has 4 nitrogen and oxygen atoms in total. The van der Waals surface area contributed by atoms with Crippen molar-refractivity contribution in [2.75, 3.05) is 11.9 Å². The minimum Gasteiger partial charge on any atom is -0.366 e. The van der Waals surface area contributed by atoms with E-state index in [1.807, 2.05) is 12.1 Å². The van der Waals surface area contributed by atoms with E-state index in [1.165, 1.54) is 17.7 Å². The fourth-order valence-corrected chi connectivity index (χ4v) is 3.20. The maximum absolute atomic E-state index is 5.89. The van der Waals surface area contributed by atoms with Crippen LogP contribution in [0.4, 0.5) is 5.82 Å². The van der Waals surface area contributed by atoms with Crippen molar-refractivity contribution in [3.05, 3.63) is 33.1 Å². The van der Waals surface area contributed by atoms with Gasteiger partial charge in [0.25, 0.3) is 0 Å². The van der Waals surface area contributed by atoms with Crippen LogP contribution in [-0.4, -0.2) is 16.7 Å². The Balaban J connectivity index is 1.59. The number of aromatic amines is 1. The average Bonchev–Trinajstić information content (AvgIpc) is 3.07. The fourth-order valence-electron chi connectivity index (χ4n) is 2.17. The summed E-state index contributed by atoms with van der Waals surface area (Å²) in [5, 5.41) is 14.1. The first kappa shape index (κ1) is 12.0. The van der Waals surface area contributed by atoms with E-state index in [2.05, 4.69) is 26.9 Å². The van der Waals surface area contributed by atoms with E-state index >= 15 is 0 Å². The SMILES string of the molecule is Clc1ccc(CNc2cc(C3CCCN3)n[nH]2)s1. The van der Waals surface area contributed by atoms with Crippen LogP contribution in [0.1, 0.15) is 29.5 Å².